The highest BCUT2D eigenvalue weighted by molar-refractivity contribution is 9.09. The lowest BCUT2D eigenvalue weighted by Gasteiger charge is -2.34. The Morgan fingerprint density at radius 1 is 0.920 bits per heavy atom. The van der Waals surface area contributed by atoms with Crippen molar-refractivity contribution in [3.05, 3.63) is 0 Å². The zero-order valence-electron chi connectivity index (χ0n) is 17.1. The summed E-state index contributed by atoms with van der Waals surface area (Å²) in [5.74, 6) is -0.369. The van der Waals surface area contributed by atoms with E-state index < -0.39 is 24.4 Å². The molecule has 0 aliphatic rings. The second kappa shape index (κ2) is 9.32. The Balaban J connectivity index is 5.28. The predicted molar refractivity (Wildman–Crippen MR) is 105 cm³/mol. The van der Waals surface area contributed by atoms with Crippen LogP contribution in [0, 0.1) is 0 Å². The van der Waals surface area contributed by atoms with Gasteiger partial charge in [-0.1, -0.05) is 15.9 Å². The molecule has 0 spiro atoms. The summed E-state index contributed by atoms with van der Waals surface area (Å²) in [6, 6.07) is 0. The molecule has 8 heteroatoms. The van der Waals surface area contributed by atoms with E-state index >= 15 is 0 Å². The fraction of sp³-hybridized carbons (Fsp3) is 0.941. The van der Waals surface area contributed by atoms with Crippen LogP contribution in [-0.4, -0.2) is 52.4 Å². The SMILES string of the molecule is CC(C)(C)OC(=O)CN(CCBr)CP(=O)(OC(C)(C)C)OC(C)(C)C. The van der Waals surface area contributed by atoms with Crippen LogP contribution in [0.25, 0.3) is 0 Å². The van der Waals surface area contributed by atoms with Crippen molar-refractivity contribution < 1.29 is 23.1 Å². The minimum absolute atomic E-state index is 0.0202. The molecule has 0 atom stereocenters. The van der Waals surface area contributed by atoms with Crippen molar-refractivity contribution in [1.29, 1.82) is 0 Å². The van der Waals surface area contributed by atoms with Crippen LogP contribution in [-0.2, 0) is 23.1 Å². The molecule has 0 aromatic heterocycles. The molecule has 0 rings (SSSR count). The van der Waals surface area contributed by atoms with E-state index in [4.69, 9.17) is 13.8 Å². The Morgan fingerprint density at radius 3 is 1.68 bits per heavy atom. The van der Waals surface area contributed by atoms with E-state index in [1.165, 1.54) is 0 Å². The summed E-state index contributed by atoms with van der Waals surface area (Å²) in [5, 5.41) is 0.626. The molecular weight excluding hydrogens is 409 g/mol. The number of rotatable bonds is 8. The van der Waals surface area contributed by atoms with Crippen LogP contribution < -0.4 is 0 Å². The molecule has 0 radical (unpaired) electrons. The molecule has 0 aromatic carbocycles. The summed E-state index contributed by atoms with van der Waals surface area (Å²) in [5.41, 5.74) is -1.83. The highest BCUT2D eigenvalue weighted by Crippen LogP contribution is 2.54. The van der Waals surface area contributed by atoms with Crippen LogP contribution in [0.1, 0.15) is 62.3 Å². The molecule has 0 saturated carbocycles. The second-order valence-electron chi connectivity index (χ2n) is 8.99. The maximum atomic E-state index is 13.3. The Kier molecular flexibility index (Phi) is 9.34. The first-order chi connectivity index (χ1) is 10.9. The minimum atomic E-state index is -3.46. The van der Waals surface area contributed by atoms with E-state index in [-0.39, 0.29) is 18.8 Å². The lowest BCUT2D eigenvalue weighted by atomic mass is 10.2. The van der Waals surface area contributed by atoms with Gasteiger partial charge >= 0.3 is 13.6 Å². The molecular formula is C17H35BrNO5P. The molecule has 0 N–H and O–H groups in total. The first-order valence-electron chi connectivity index (χ1n) is 8.45. The highest BCUT2D eigenvalue weighted by atomic mass is 79.9. The van der Waals surface area contributed by atoms with E-state index in [9.17, 15) is 9.36 Å². The van der Waals surface area contributed by atoms with Gasteiger partial charge in [0.05, 0.1) is 17.7 Å². The average Bonchev–Trinajstić information content (AvgIpc) is 2.18. The van der Waals surface area contributed by atoms with Crippen molar-refractivity contribution in [2.45, 2.75) is 79.1 Å². The summed E-state index contributed by atoms with van der Waals surface area (Å²) in [7, 11) is -3.46. The number of alkyl halides is 1. The number of halogens is 1. The topological polar surface area (TPSA) is 65.1 Å². The van der Waals surface area contributed by atoms with Crippen LogP contribution in [0.3, 0.4) is 0 Å². The predicted octanol–water partition coefficient (Wildman–Crippen LogP) is 4.81. The van der Waals surface area contributed by atoms with Crippen molar-refractivity contribution in [2.24, 2.45) is 0 Å². The largest absolute Gasteiger partial charge is 0.459 e. The first-order valence-corrected chi connectivity index (χ1v) is 11.3. The molecule has 25 heavy (non-hydrogen) atoms. The summed E-state index contributed by atoms with van der Waals surface area (Å²) in [4.78, 5) is 13.9. The van der Waals surface area contributed by atoms with Crippen LogP contribution in [0.4, 0.5) is 0 Å². The smallest absolute Gasteiger partial charge is 0.345 e. The Hall–Kier alpha value is 0.0600. The highest BCUT2D eigenvalue weighted by Gasteiger charge is 2.37. The first kappa shape index (κ1) is 25.1. The lowest BCUT2D eigenvalue weighted by molar-refractivity contribution is -0.155. The van der Waals surface area contributed by atoms with E-state index in [0.29, 0.717) is 11.9 Å². The van der Waals surface area contributed by atoms with Crippen molar-refractivity contribution in [3.63, 3.8) is 0 Å². The Morgan fingerprint density at radius 2 is 1.36 bits per heavy atom. The number of carbonyl (C=O) groups is 1. The van der Waals surface area contributed by atoms with Crippen molar-refractivity contribution in [3.8, 4) is 0 Å². The van der Waals surface area contributed by atoms with Crippen LogP contribution in [0.2, 0.25) is 0 Å². The van der Waals surface area contributed by atoms with Gasteiger partial charge in [-0.2, -0.15) is 0 Å². The molecule has 0 amide bonds. The molecule has 150 valence electrons. The maximum Gasteiger partial charge on any atom is 0.345 e. The van der Waals surface area contributed by atoms with Gasteiger partial charge in [0.1, 0.15) is 11.9 Å². The summed E-state index contributed by atoms with van der Waals surface area (Å²) < 4.78 is 30.3. The maximum absolute atomic E-state index is 13.3. The van der Waals surface area contributed by atoms with Crippen molar-refractivity contribution in [2.75, 3.05) is 24.7 Å². The van der Waals surface area contributed by atoms with Crippen LogP contribution >= 0.6 is 23.5 Å². The number of esters is 1. The average molecular weight is 444 g/mol. The molecule has 6 nitrogen and oxygen atoms in total. The van der Waals surface area contributed by atoms with Gasteiger partial charge in [0.15, 0.2) is 0 Å². The second-order valence-corrected chi connectivity index (χ2v) is 11.7. The van der Waals surface area contributed by atoms with Gasteiger partial charge < -0.3 is 13.8 Å². The van der Waals surface area contributed by atoms with Crippen LogP contribution in [0.15, 0.2) is 0 Å². The Labute approximate surface area is 161 Å². The van der Waals surface area contributed by atoms with Crippen LogP contribution in [0.5, 0.6) is 0 Å². The molecule has 0 heterocycles. The van der Waals surface area contributed by atoms with Gasteiger partial charge in [-0.25, -0.2) is 0 Å². The standard InChI is InChI=1S/C17H35BrNO5P/c1-15(2,3)22-14(20)12-19(11-10-18)13-25(21,23-16(4,5)6)24-17(7,8)9/h10-13H2,1-9H3. The normalized spacial score (nSPS) is 14.0. The third-order valence-electron chi connectivity index (χ3n) is 2.37. The number of nitrogens with zero attached hydrogens (tertiary/aromatic N) is 1. The molecule has 0 unspecified atom stereocenters. The van der Waals surface area contributed by atoms with E-state index in [1.807, 2.05) is 62.3 Å². The van der Waals surface area contributed by atoms with E-state index in [2.05, 4.69) is 15.9 Å². The van der Waals surface area contributed by atoms with Gasteiger partial charge in [0.25, 0.3) is 0 Å². The van der Waals surface area contributed by atoms with Gasteiger partial charge in [0.2, 0.25) is 0 Å². The molecule has 0 fully saturated rings. The number of hydrogen-bond acceptors (Lipinski definition) is 6. The van der Waals surface area contributed by atoms with Crippen molar-refractivity contribution in [1.82, 2.24) is 4.90 Å². The summed E-state index contributed by atoms with van der Waals surface area (Å²) in [6.07, 6.45) is 0.0202. The third kappa shape index (κ3) is 13.9. The molecule has 0 aliphatic carbocycles. The molecule has 0 aliphatic heterocycles. The zero-order chi connectivity index (χ0) is 20.1. The van der Waals surface area contributed by atoms with E-state index in [1.54, 1.807) is 4.90 Å². The van der Waals surface area contributed by atoms with E-state index in [0.717, 1.165) is 0 Å². The fourth-order valence-corrected chi connectivity index (χ4v) is 5.09. The number of hydrogen-bond donors (Lipinski definition) is 0. The minimum Gasteiger partial charge on any atom is -0.459 e. The quantitative estimate of drug-likeness (QED) is 0.304. The number of ether oxygens (including phenoxy) is 1. The molecule has 0 bridgehead atoms. The summed E-state index contributed by atoms with van der Waals surface area (Å²) >= 11 is 3.37. The van der Waals surface area contributed by atoms with Crippen molar-refractivity contribution >= 4 is 29.5 Å². The number of carbonyl (C=O) groups excluding carboxylic acids is 1. The third-order valence-corrected chi connectivity index (χ3v) is 5.13. The monoisotopic (exact) mass is 443 g/mol. The zero-order valence-corrected chi connectivity index (χ0v) is 19.6. The van der Waals surface area contributed by atoms with Gasteiger partial charge in [-0.05, 0) is 62.3 Å². The fourth-order valence-electron chi connectivity index (χ4n) is 2.03. The van der Waals surface area contributed by atoms with Gasteiger partial charge in [-0.3, -0.25) is 14.3 Å². The molecule has 0 aromatic rings. The van der Waals surface area contributed by atoms with Gasteiger partial charge in [-0.15, -0.1) is 0 Å². The lowest BCUT2D eigenvalue weighted by Crippen LogP contribution is -2.38. The Bertz CT molecular complexity index is 457. The van der Waals surface area contributed by atoms with Gasteiger partial charge in [0, 0.05) is 11.9 Å². The summed E-state index contributed by atoms with van der Waals surface area (Å²) in [6.45, 7) is 17.0. The molecule has 0 saturated heterocycles.